The van der Waals surface area contributed by atoms with E-state index in [1.165, 1.54) is 12.8 Å². The Morgan fingerprint density at radius 1 is 1.53 bits per heavy atom. The molecular formula is C14H19NO2. The van der Waals surface area contributed by atoms with Crippen LogP contribution in [0.4, 0.5) is 0 Å². The molecule has 2 atom stereocenters. The van der Waals surface area contributed by atoms with Crippen LogP contribution >= 0.6 is 0 Å². The Bertz CT molecular complexity index is 372. The van der Waals surface area contributed by atoms with Crippen molar-refractivity contribution in [2.24, 2.45) is 5.92 Å². The normalized spacial score (nSPS) is 21.8. The van der Waals surface area contributed by atoms with Crippen LogP contribution in [0.1, 0.15) is 30.1 Å². The van der Waals surface area contributed by atoms with Crippen LogP contribution in [0.2, 0.25) is 0 Å². The molecule has 1 aromatic carbocycles. The second kappa shape index (κ2) is 5.82. The van der Waals surface area contributed by atoms with Crippen molar-refractivity contribution in [1.29, 1.82) is 0 Å². The minimum Gasteiger partial charge on any atom is -0.490 e. The third-order valence-electron chi connectivity index (χ3n) is 3.31. The molecule has 1 heterocycles. The van der Waals surface area contributed by atoms with Crippen LogP contribution in [0.5, 0.6) is 5.75 Å². The highest BCUT2D eigenvalue weighted by molar-refractivity contribution is 5.75. The molecule has 2 rings (SSSR count). The summed E-state index contributed by atoms with van der Waals surface area (Å²) in [6.07, 6.45) is 3.46. The first-order chi connectivity index (χ1) is 8.29. The molecule has 0 bridgehead atoms. The second-order valence-corrected chi connectivity index (χ2v) is 4.62. The van der Waals surface area contributed by atoms with Crippen molar-refractivity contribution in [3.8, 4) is 5.75 Å². The Labute approximate surface area is 102 Å². The van der Waals surface area contributed by atoms with E-state index in [1.807, 2.05) is 12.1 Å². The number of carbonyl (C=O) groups excluding carboxylic acids is 1. The topological polar surface area (TPSA) is 38.3 Å². The Hall–Kier alpha value is -1.35. The number of aldehydes is 1. The van der Waals surface area contributed by atoms with Gasteiger partial charge < -0.3 is 10.1 Å². The lowest BCUT2D eigenvalue weighted by atomic mass is 9.94. The highest BCUT2D eigenvalue weighted by Gasteiger charge is 2.21. The van der Waals surface area contributed by atoms with Gasteiger partial charge >= 0.3 is 0 Å². The van der Waals surface area contributed by atoms with Crippen molar-refractivity contribution in [3.63, 3.8) is 0 Å². The van der Waals surface area contributed by atoms with Crippen molar-refractivity contribution in [2.45, 2.75) is 25.9 Å². The van der Waals surface area contributed by atoms with Gasteiger partial charge in [-0.15, -0.1) is 0 Å². The van der Waals surface area contributed by atoms with Gasteiger partial charge in [0, 0.05) is 18.0 Å². The Morgan fingerprint density at radius 3 is 3.12 bits per heavy atom. The molecule has 3 heteroatoms. The summed E-state index contributed by atoms with van der Waals surface area (Å²) in [6.45, 7) is 4.24. The predicted octanol–water partition coefficient (Wildman–Crippen LogP) is 2.27. The lowest BCUT2D eigenvalue weighted by molar-refractivity contribution is 0.112. The van der Waals surface area contributed by atoms with Crippen LogP contribution in [0.15, 0.2) is 24.3 Å². The second-order valence-electron chi connectivity index (χ2n) is 4.62. The maximum absolute atomic E-state index is 10.7. The molecule has 1 saturated heterocycles. The summed E-state index contributed by atoms with van der Waals surface area (Å²) in [4.78, 5) is 10.7. The summed E-state index contributed by atoms with van der Waals surface area (Å²) in [5.41, 5.74) is 0.663. The Kier molecular flexibility index (Phi) is 4.15. The number of rotatable bonds is 4. The average Bonchev–Trinajstić information content (AvgIpc) is 2.40. The number of piperidine rings is 1. The highest BCUT2D eigenvalue weighted by atomic mass is 16.5. The maximum Gasteiger partial charge on any atom is 0.150 e. The molecule has 0 radical (unpaired) electrons. The quantitative estimate of drug-likeness (QED) is 0.811. The van der Waals surface area contributed by atoms with E-state index in [9.17, 15) is 4.79 Å². The zero-order valence-electron chi connectivity index (χ0n) is 10.2. The molecule has 0 spiro atoms. The molecule has 0 aromatic heterocycles. The largest absolute Gasteiger partial charge is 0.490 e. The summed E-state index contributed by atoms with van der Waals surface area (Å²) < 4.78 is 5.90. The van der Waals surface area contributed by atoms with Crippen LogP contribution in [-0.4, -0.2) is 25.5 Å². The minimum absolute atomic E-state index is 0.185. The fraction of sp³-hybridized carbons (Fsp3) is 0.500. The van der Waals surface area contributed by atoms with Crippen LogP contribution in [-0.2, 0) is 0 Å². The number of ether oxygens (including phenoxy) is 1. The first-order valence-electron chi connectivity index (χ1n) is 6.22. The van der Waals surface area contributed by atoms with E-state index >= 15 is 0 Å². The molecule has 1 fully saturated rings. The first kappa shape index (κ1) is 12.1. The molecule has 1 aliphatic rings. The highest BCUT2D eigenvalue weighted by Crippen LogP contribution is 2.21. The van der Waals surface area contributed by atoms with Gasteiger partial charge in [-0.05, 0) is 38.4 Å². The van der Waals surface area contributed by atoms with Crippen LogP contribution in [0.3, 0.4) is 0 Å². The first-order valence-corrected chi connectivity index (χ1v) is 6.22. The molecule has 2 unspecified atom stereocenters. The number of nitrogens with one attached hydrogen (secondary N) is 1. The van der Waals surface area contributed by atoms with Gasteiger partial charge in [0.15, 0.2) is 0 Å². The summed E-state index contributed by atoms with van der Waals surface area (Å²) in [5.74, 6) is 1.34. The minimum atomic E-state index is 0.185. The molecule has 0 saturated carbocycles. The van der Waals surface area contributed by atoms with Gasteiger partial charge in [0.05, 0.1) is 6.10 Å². The Balaban J connectivity index is 1.96. The molecule has 1 N–H and O–H groups in total. The van der Waals surface area contributed by atoms with E-state index < -0.39 is 0 Å². The van der Waals surface area contributed by atoms with E-state index in [4.69, 9.17) is 4.74 Å². The van der Waals surface area contributed by atoms with Gasteiger partial charge in [-0.25, -0.2) is 0 Å². The molecule has 0 amide bonds. The zero-order chi connectivity index (χ0) is 12.1. The lowest BCUT2D eigenvalue weighted by Crippen LogP contribution is -2.37. The molecule has 17 heavy (non-hydrogen) atoms. The van der Waals surface area contributed by atoms with Crippen LogP contribution in [0, 0.1) is 5.92 Å². The maximum atomic E-state index is 10.7. The third-order valence-corrected chi connectivity index (χ3v) is 3.31. The van der Waals surface area contributed by atoms with Crippen molar-refractivity contribution >= 4 is 6.29 Å². The van der Waals surface area contributed by atoms with Gasteiger partial charge in [-0.3, -0.25) is 4.79 Å². The summed E-state index contributed by atoms with van der Waals surface area (Å²) in [5, 5.41) is 3.39. The van der Waals surface area contributed by atoms with E-state index in [2.05, 4.69) is 12.2 Å². The predicted molar refractivity (Wildman–Crippen MR) is 67.5 cm³/mol. The van der Waals surface area contributed by atoms with E-state index in [-0.39, 0.29) is 6.10 Å². The van der Waals surface area contributed by atoms with E-state index in [0.717, 1.165) is 25.1 Å². The summed E-state index contributed by atoms with van der Waals surface area (Å²) in [7, 11) is 0. The van der Waals surface area contributed by atoms with Crippen molar-refractivity contribution in [1.82, 2.24) is 5.32 Å². The van der Waals surface area contributed by atoms with E-state index in [1.54, 1.807) is 12.1 Å². The van der Waals surface area contributed by atoms with Crippen molar-refractivity contribution in [3.05, 3.63) is 29.8 Å². The van der Waals surface area contributed by atoms with Gasteiger partial charge in [-0.1, -0.05) is 12.1 Å². The van der Waals surface area contributed by atoms with Gasteiger partial charge in [0.2, 0.25) is 0 Å². The molecule has 0 aliphatic carbocycles. The smallest absolute Gasteiger partial charge is 0.150 e. The summed E-state index contributed by atoms with van der Waals surface area (Å²) in [6, 6.07) is 7.33. The van der Waals surface area contributed by atoms with Crippen molar-refractivity contribution < 1.29 is 9.53 Å². The standard InChI is InChI=1S/C14H19NO2/c1-11(13-5-3-7-15-9-13)17-14-6-2-4-12(8-14)10-16/h2,4,6,8,10-11,13,15H,3,5,7,9H2,1H3. The Morgan fingerprint density at radius 2 is 2.41 bits per heavy atom. The molecule has 92 valence electrons. The molecule has 1 aliphatic heterocycles. The third kappa shape index (κ3) is 3.30. The van der Waals surface area contributed by atoms with Gasteiger partial charge in [0.25, 0.3) is 0 Å². The van der Waals surface area contributed by atoms with Crippen molar-refractivity contribution in [2.75, 3.05) is 13.1 Å². The fourth-order valence-electron chi connectivity index (χ4n) is 2.25. The average molecular weight is 233 g/mol. The van der Waals surface area contributed by atoms with Gasteiger partial charge in [-0.2, -0.15) is 0 Å². The monoisotopic (exact) mass is 233 g/mol. The number of carbonyl (C=O) groups is 1. The SMILES string of the molecule is CC(Oc1cccc(C=O)c1)C1CCCNC1. The molecular weight excluding hydrogens is 214 g/mol. The fourth-order valence-corrected chi connectivity index (χ4v) is 2.25. The number of hydrogen-bond donors (Lipinski definition) is 1. The van der Waals surface area contributed by atoms with Crippen LogP contribution in [0.25, 0.3) is 0 Å². The van der Waals surface area contributed by atoms with Gasteiger partial charge in [0.1, 0.15) is 12.0 Å². The molecule has 3 nitrogen and oxygen atoms in total. The zero-order valence-corrected chi connectivity index (χ0v) is 10.2. The lowest BCUT2D eigenvalue weighted by Gasteiger charge is -2.28. The number of benzene rings is 1. The van der Waals surface area contributed by atoms with E-state index in [0.29, 0.717) is 11.5 Å². The summed E-state index contributed by atoms with van der Waals surface area (Å²) >= 11 is 0. The van der Waals surface area contributed by atoms with Crippen LogP contribution < -0.4 is 10.1 Å². The number of hydrogen-bond acceptors (Lipinski definition) is 3. The molecule has 1 aromatic rings.